The van der Waals surface area contributed by atoms with E-state index in [0.29, 0.717) is 16.9 Å². The lowest BCUT2D eigenvalue weighted by molar-refractivity contribution is -0.136. The molecule has 4 heteroatoms. The molecule has 0 aliphatic carbocycles. The van der Waals surface area contributed by atoms with Crippen molar-refractivity contribution < 1.29 is 14.6 Å². The smallest absolute Gasteiger partial charge is 0.308 e. The summed E-state index contributed by atoms with van der Waals surface area (Å²) >= 11 is 0. The fourth-order valence-corrected chi connectivity index (χ4v) is 1.46. The van der Waals surface area contributed by atoms with Gasteiger partial charge in [0, 0.05) is 5.56 Å². The molecule has 0 saturated carbocycles. The summed E-state index contributed by atoms with van der Waals surface area (Å²) in [5.41, 5.74) is 1.61. The van der Waals surface area contributed by atoms with Gasteiger partial charge in [-0.2, -0.15) is 5.26 Å². The second-order valence-electron chi connectivity index (χ2n) is 3.12. The third kappa shape index (κ3) is 2.26. The number of carbonyl (C=O) groups is 1. The Morgan fingerprint density at radius 3 is 2.73 bits per heavy atom. The molecule has 1 rings (SSSR count). The zero-order chi connectivity index (χ0) is 11.4. The average Bonchev–Trinajstić information content (AvgIpc) is 2.18. The number of rotatable bonds is 3. The van der Waals surface area contributed by atoms with Crippen LogP contribution in [0, 0.1) is 18.3 Å². The van der Waals surface area contributed by atoms with Crippen molar-refractivity contribution in [3.63, 3.8) is 0 Å². The molecule has 78 valence electrons. The molecule has 1 N–H and O–H groups in total. The van der Waals surface area contributed by atoms with Crippen LogP contribution in [0.2, 0.25) is 0 Å². The molecule has 0 aromatic heterocycles. The quantitative estimate of drug-likeness (QED) is 0.811. The first kappa shape index (κ1) is 11.1. The van der Waals surface area contributed by atoms with Crippen LogP contribution in [0.4, 0.5) is 0 Å². The van der Waals surface area contributed by atoms with E-state index >= 15 is 0 Å². The second-order valence-corrected chi connectivity index (χ2v) is 3.12. The maximum Gasteiger partial charge on any atom is 0.308 e. The molecule has 0 aliphatic rings. The van der Waals surface area contributed by atoms with Crippen molar-refractivity contribution in [3.8, 4) is 11.8 Å². The molecule has 0 atom stereocenters. The number of nitrogens with zero attached hydrogens (tertiary/aromatic N) is 1. The van der Waals surface area contributed by atoms with Crippen LogP contribution in [0.15, 0.2) is 12.1 Å². The molecule has 4 nitrogen and oxygen atoms in total. The molecule has 0 heterocycles. The highest BCUT2D eigenvalue weighted by Gasteiger charge is 2.14. The van der Waals surface area contributed by atoms with Crippen LogP contribution in [0.25, 0.3) is 0 Å². The number of benzene rings is 1. The molecule has 0 bridgehead atoms. The minimum Gasteiger partial charge on any atom is -0.496 e. The van der Waals surface area contributed by atoms with E-state index in [4.69, 9.17) is 15.1 Å². The third-order valence-electron chi connectivity index (χ3n) is 2.11. The van der Waals surface area contributed by atoms with E-state index in [2.05, 4.69) is 0 Å². The summed E-state index contributed by atoms with van der Waals surface area (Å²) in [5, 5.41) is 17.6. The van der Waals surface area contributed by atoms with Gasteiger partial charge in [-0.15, -0.1) is 0 Å². The molecular formula is C11H11NO3. The van der Waals surface area contributed by atoms with Crippen LogP contribution in [-0.4, -0.2) is 18.2 Å². The van der Waals surface area contributed by atoms with E-state index in [1.807, 2.05) is 13.0 Å². The van der Waals surface area contributed by atoms with E-state index in [1.54, 1.807) is 12.1 Å². The number of aliphatic carboxylic acids is 1. The summed E-state index contributed by atoms with van der Waals surface area (Å²) in [6.45, 7) is 1.81. The molecule has 15 heavy (non-hydrogen) atoms. The average molecular weight is 205 g/mol. The van der Waals surface area contributed by atoms with Crippen LogP contribution < -0.4 is 4.74 Å². The normalized spacial score (nSPS) is 9.40. The lowest BCUT2D eigenvalue weighted by atomic mass is 10.0. The minimum absolute atomic E-state index is 0.201. The van der Waals surface area contributed by atoms with E-state index in [0.717, 1.165) is 5.56 Å². The highest BCUT2D eigenvalue weighted by atomic mass is 16.5. The van der Waals surface area contributed by atoms with Crippen molar-refractivity contribution in [2.45, 2.75) is 13.3 Å². The van der Waals surface area contributed by atoms with Gasteiger partial charge in [0.15, 0.2) is 0 Å². The number of aryl methyl sites for hydroxylation is 1. The first-order valence-corrected chi connectivity index (χ1v) is 4.38. The summed E-state index contributed by atoms with van der Waals surface area (Å²) in [5.74, 6) is -0.494. The molecule has 0 radical (unpaired) electrons. The molecule has 0 aliphatic heterocycles. The maximum atomic E-state index is 10.7. The number of carboxylic acids is 1. The summed E-state index contributed by atoms with van der Waals surface area (Å²) in [4.78, 5) is 10.7. The van der Waals surface area contributed by atoms with Gasteiger partial charge in [-0.1, -0.05) is 6.07 Å². The lowest BCUT2D eigenvalue weighted by Gasteiger charge is -2.11. The van der Waals surface area contributed by atoms with Crippen molar-refractivity contribution in [2.24, 2.45) is 0 Å². The zero-order valence-electron chi connectivity index (χ0n) is 8.57. The Kier molecular flexibility index (Phi) is 3.29. The van der Waals surface area contributed by atoms with Crippen LogP contribution in [0.1, 0.15) is 16.7 Å². The largest absolute Gasteiger partial charge is 0.496 e. The second kappa shape index (κ2) is 4.47. The Hall–Kier alpha value is -2.02. The van der Waals surface area contributed by atoms with E-state index in [1.165, 1.54) is 7.11 Å². The van der Waals surface area contributed by atoms with Gasteiger partial charge < -0.3 is 9.84 Å². The molecule has 0 unspecified atom stereocenters. The molecule has 0 spiro atoms. The molecule has 1 aromatic rings. The molecule has 1 aromatic carbocycles. The minimum atomic E-state index is -0.976. The summed E-state index contributed by atoms with van der Waals surface area (Å²) < 4.78 is 5.11. The SMILES string of the molecule is COc1c(C)ccc(C#N)c1CC(=O)O. The van der Waals surface area contributed by atoms with Crippen molar-refractivity contribution in [1.82, 2.24) is 0 Å². The summed E-state index contributed by atoms with van der Waals surface area (Å²) in [7, 11) is 1.47. The molecule has 0 amide bonds. The molecular weight excluding hydrogens is 194 g/mol. The van der Waals surface area contributed by atoms with Gasteiger partial charge in [0.05, 0.1) is 25.2 Å². The van der Waals surface area contributed by atoms with E-state index in [-0.39, 0.29) is 6.42 Å². The third-order valence-corrected chi connectivity index (χ3v) is 2.11. The summed E-state index contributed by atoms with van der Waals surface area (Å²) in [6, 6.07) is 5.31. The van der Waals surface area contributed by atoms with Crippen molar-refractivity contribution in [3.05, 3.63) is 28.8 Å². The number of hydrogen-bond donors (Lipinski definition) is 1. The standard InChI is InChI=1S/C11H11NO3/c1-7-3-4-8(6-12)9(5-10(13)14)11(7)15-2/h3-4H,5H2,1-2H3,(H,13,14). The van der Waals surface area contributed by atoms with Crippen molar-refractivity contribution >= 4 is 5.97 Å². The van der Waals surface area contributed by atoms with Crippen molar-refractivity contribution in [2.75, 3.05) is 7.11 Å². The van der Waals surface area contributed by atoms with Gasteiger partial charge >= 0.3 is 5.97 Å². The first-order chi connectivity index (χ1) is 7.10. The van der Waals surface area contributed by atoms with Gasteiger partial charge in [-0.25, -0.2) is 0 Å². The van der Waals surface area contributed by atoms with Gasteiger partial charge in [0.25, 0.3) is 0 Å². The van der Waals surface area contributed by atoms with Gasteiger partial charge in [-0.05, 0) is 18.6 Å². The topological polar surface area (TPSA) is 70.3 Å². The number of nitriles is 1. The fraction of sp³-hybridized carbons (Fsp3) is 0.273. The number of ether oxygens (including phenoxy) is 1. The fourth-order valence-electron chi connectivity index (χ4n) is 1.46. The predicted molar refractivity (Wildman–Crippen MR) is 53.8 cm³/mol. The highest BCUT2D eigenvalue weighted by Crippen LogP contribution is 2.26. The Morgan fingerprint density at radius 1 is 1.60 bits per heavy atom. The number of hydrogen-bond acceptors (Lipinski definition) is 3. The van der Waals surface area contributed by atoms with Gasteiger partial charge in [-0.3, -0.25) is 4.79 Å². The van der Waals surface area contributed by atoms with Gasteiger partial charge in [0.2, 0.25) is 0 Å². The Balaban J connectivity index is 3.35. The van der Waals surface area contributed by atoms with Crippen molar-refractivity contribution in [1.29, 1.82) is 5.26 Å². The predicted octanol–water partition coefficient (Wildman–Crippen LogP) is 1.50. The van der Waals surface area contributed by atoms with E-state index in [9.17, 15) is 4.79 Å². The monoisotopic (exact) mass is 205 g/mol. The number of carboxylic acid groups (broad SMARTS) is 1. The Bertz CT molecular complexity index is 432. The van der Waals surface area contributed by atoms with E-state index < -0.39 is 5.97 Å². The molecule has 0 fully saturated rings. The van der Waals surface area contributed by atoms with Crippen LogP contribution in [-0.2, 0) is 11.2 Å². The molecule has 0 saturated heterocycles. The van der Waals surface area contributed by atoms with Crippen LogP contribution >= 0.6 is 0 Å². The van der Waals surface area contributed by atoms with Gasteiger partial charge in [0.1, 0.15) is 5.75 Å². The Morgan fingerprint density at radius 2 is 2.27 bits per heavy atom. The number of methoxy groups -OCH3 is 1. The lowest BCUT2D eigenvalue weighted by Crippen LogP contribution is -2.05. The maximum absolute atomic E-state index is 10.7. The zero-order valence-corrected chi connectivity index (χ0v) is 8.57. The highest BCUT2D eigenvalue weighted by molar-refractivity contribution is 5.73. The Labute approximate surface area is 87.7 Å². The summed E-state index contributed by atoms with van der Waals surface area (Å²) in [6.07, 6.45) is -0.201. The van der Waals surface area contributed by atoms with Crippen LogP contribution in [0.3, 0.4) is 0 Å². The first-order valence-electron chi connectivity index (χ1n) is 4.38. The van der Waals surface area contributed by atoms with Crippen LogP contribution in [0.5, 0.6) is 5.75 Å².